The zero-order chi connectivity index (χ0) is 19.8. The molecule has 0 aliphatic rings. The van der Waals surface area contributed by atoms with Crippen molar-refractivity contribution in [3.8, 4) is 0 Å². The molecule has 2 heterocycles. The molecule has 0 spiro atoms. The molecule has 0 aliphatic heterocycles. The molecule has 2 atom stereocenters. The first-order valence-corrected chi connectivity index (χ1v) is 10.4. The Morgan fingerprint density at radius 2 is 2.00 bits per heavy atom. The summed E-state index contributed by atoms with van der Waals surface area (Å²) in [6.07, 6.45) is 1.33. The van der Waals surface area contributed by atoms with Crippen LogP contribution < -0.4 is 5.32 Å². The van der Waals surface area contributed by atoms with Crippen molar-refractivity contribution in [2.75, 3.05) is 11.6 Å². The monoisotopic (exact) mass is 407 g/mol. The van der Waals surface area contributed by atoms with Gasteiger partial charge in [0, 0.05) is 17.0 Å². The highest BCUT2D eigenvalue weighted by Gasteiger charge is 2.22. The molecule has 9 heteroatoms. The number of rotatable bonds is 5. The molecule has 0 saturated carbocycles. The molecule has 0 fully saturated rings. The number of H-pyrrole nitrogens is 1. The topological polar surface area (TPSA) is 94.5 Å². The van der Waals surface area contributed by atoms with Crippen molar-refractivity contribution in [1.82, 2.24) is 15.0 Å². The number of aromatic amines is 1. The fourth-order valence-corrected chi connectivity index (χ4v) is 3.86. The Morgan fingerprint density at radius 3 is 2.59 bits per heavy atom. The number of pyridine rings is 1. The van der Waals surface area contributed by atoms with Crippen LogP contribution in [0.4, 0.5) is 10.2 Å². The fraction of sp³-hybridized carbons (Fsp3) is 0.222. The summed E-state index contributed by atoms with van der Waals surface area (Å²) in [5.41, 5.74) is 1.62. The van der Waals surface area contributed by atoms with Crippen LogP contribution >= 0.6 is 11.6 Å². The molecule has 3 rings (SSSR count). The molecule has 27 heavy (non-hydrogen) atoms. The van der Waals surface area contributed by atoms with E-state index in [1.165, 1.54) is 18.4 Å². The molecule has 0 saturated heterocycles. The molecule has 6 nitrogen and oxygen atoms in total. The van der Waals surface area contributed by atoms with Crippen LogP contribution in [0.5, 0.6) is 0 Å². The van der Waals surface area contributed by atoms with Crippen LogP contribution in [0.1, 0.15) is 28.8 Å². The van der Waals surface area contributed by atoms with Gasteiger partial charge in [-0.2, -0.15) is 0 Å². The van der Waals surface area contributed by atoms with Crippen LogP contribution in [0.15, 0.2) is 41.4 Å². The molecule has 0 radical (unpaired) electrons. The Morgan fingerprint density at radius 1 is 1.26 bits per heavy atom. The van der Waals surface area contributed by atoms with Crippen LogP contribution in [0.3, 0.4) is 0 Å². The summed E-state index contributed by atoms with van der Waals surface area (Å²) in [5, 5.41) is 3.97. The minimum absolute atomic E-state index is 0.203. The Kier molecular flexibility index (Phi) is 5.21. The second-order valence-electron chi connectivity index (χ2n) is 6.29. The number of nitrogens with one attached hydrogen (secondary N) is 3. The van der Waals surface area contributed by atoms with Gasteiger partial charge in [0.2, 0.25) is 0 Å². The van der Waals surface area contributed by atoms with Gasteiger partial charge in [-0.1, -0.05) is 23.7 Å². The summed E-state index contributed by atoms with van der Waals surface area (Å²) in [7, 11) is -2.98. The highest BCUT2D eigenvalue weighted by Crippen LogP contribution is 2.28. The fourth-order valence-electron chi connectivity index (χ4n) is 2.75. The van der Waals surface area contributed by atoms with E-state index < -0.39 is 21.6 Å². The van der Waals surface area contributed by atoms with E-state index in [-0.39, 0.29) is 10.7 Å². The highest BCUT2D eigenvalue weighted by atomic mass is 35.5. The summed E-state index contributed by atoms with van der Waals surface area (Å²) >= 11 is 6.13. The number of aryl methyl sites for hydroxylation is 2. The lowest BCUT2D eigenvalue weighted by atomic mass is 10.1. The Labute approximate surface area is 162 Å². The molecule has 142 valence electrons. The SMILES string of the molecule is Cc1nc(NC(c2cccc(Cl)c2)c2nc(S(C)(=N)=O)c(C)[nH]2)ccc1F. The van der Waals surface area contributed by atoms with Crippen molar-refractivity contribution in [3.05, 3.63) is 70.0 Å². The first-order chi connectivity index (χ1) is 12.6. The number of imidazole rings is 1. The number of anilines is 1. The minimum atomic E-state index is -2.98. The van der Waals surface area contributed by atoms with Crippen molar-refractivity contribution >= 4 is 27.1 Å². The summed E-state index contributed by atoms with van der Waals surface area (Å²) in [6, 6.07) is 9.56. The van der Waals surface area contributed by atoms with Crippen molar-refractivity contribution in [1.29, 1.82) is 4.78 Å². The lowest BCUT2D eigenvalue weighted by Crippen LogP contribution is -2.15. The number of halogens is 2. The summed E-state index contributed by atoms with van der Waals surface area (Å²) in [6.45, 7) is 3.30. The van der Waals surface area contributed by atoms with Gasteiger partial charge in [0.15, 0.2) is 5.03 Å². The second kappa shape index (κ2) is 7.28. The standard InChI is InChI=1S/C18H19ClFN5OS/c1-10-14(20)7-8-15(22-10)24-16(12-5-4-6-13(19)9-12)17-23-11(2)18(25-17)27(3,21)26/h4-9,16,21H,1-3H3,(H,22,24)(H,23,25). The predicted octanol–water partition coefficient (Wildman–Crippen LogP) is 4.45. The quantitative estimate of drug-likeness (QED) is 0.582. The van der Waals surface area contributed by atoms with E-state index in [9.17, 15) is 8.60 Å². The Hall–Kier alpha value is -2.45. The Balaban J connectivity index is 2.09. The molecule has 0 amide bonds. The molecular formula is C18H19ClFN5OS. The molecule has 0 aliphatic carbocycles. The van der Waals surface area contributed by atoms with Crippen molar-refractivity contribution in [2.24, 2.45) is 0 Å². The zero-order valence-corrected chi connectivity index (χ0v) is 16.6. The van der Waals surface area contributed by atoms with Crippen molar-refractivity contribution in [3.63, 3.8) is 0 Å². The summed E-state index contributed by atoms with van der Waals surface area (Å²) < 4.78 is 33.5. The molecule has 1 aromatic carbocycles. The number of hydrogen-bond acceptors (Lipinski definition) is 5. The van der Waals surface area contributed by atoms with Crippen LogP contribution in [-0.4, -0.2) is 25.4 Å². The largest absolute Gasteiger partial charge is 0.356 e. The van der Waals surface area contributed by atoms with E-state index in [1.807, 2.05) is 6.07 Å². The summed E-state index contributed by atoms with van der Waals surface area (Å²) in [4.78, 5) is 11.7. The van der Waals surface area contributed by atoms with E-state index in [0.29, 0.717) is 22.4 Å². The maximum atomic E-state index is 13.5. The highest BCUT2D eigenvalue weighted by molar-refractivity contribution is 7.91. The van der Waals surface area contributed by atoms with Gasteiger partial charge in [-0.05, 0) is 43.7 Å². The van der Waals surface area contributed by atoms with Gasteiger partial charge in [0.05, 0.1) is 15.4 Å². The van der Waals surface area contributed by atoms with Gasteiger partial charge >= 0.3 is 0 Å². The molecule has 3 aromatic rings. The van der Waals surface area contributed by atoms with Crippen LogP contribution in [0, 0.1) is 24.4 Å². The van der Waals surface area contributed by atoms with E-state index in [1.54, 1.807) is 32.0 Å². The smallest absolute Gasteiger partial charge is 0.156 e. The lowest BCUT2D eigenvalue weighted by molar-refractivity contribution is 0.610. The van der Waals surface area contributed by atoms with E-state index >= 15 is 0 Å². The molecule has 3 N–H and O–H groups in total. The van der Waals surface area contributed by atoms with Crippen LogP contribution in [0.25, 0.3) is 0 Å². The van der Waals surface area contributed by atoms with Crippen molar-refractivity contribution in [2.45, 2.75) is 24.9 Å². The average molecular weight is 408 g/mol. The normalized spacial score (nSPS) is 14.6. The lowest BCUT2D eigenvalue weighted by Gasteiger charge is -2.18. The third-order valence-corrected chi connectivity index (χ3v) is 5.37. The maximum absolute atomic E-state index is 13.5. The zero-order valence-electron chi connectivity index (χ0n) is 15.0. The van der Waals surface area contributed by atoms with Gasteiger partial charge in [0.1, 0.15) is 23.5 Å². The van der Waals surface area contributed by atoms with E-state index in [0.717, 1.165) is 5.56 Å². The number of benzene rings is 1. The van der Waals surface area contributed by atoms with Crippen LogP contribution in [0.2, 0.25) is 5.02 Å². The molecule has 2 unspecified atom stereocenters. The third-order valence-electron chi connectivity index (χ3n) is 4.00. The van der Waals surface area contributed by atoms with E-state index in [2.05, 4.69) is 20.3 Å². The van der Waals surface area contributed by atoms with Gasteiger partial charge < -0.3 is 10.3 Å². The van der Waals surface area contributed by atoms with Gasteiger partial charge in [-0.3, -0.25) is 0 Å². The maximum Gasteiger partial charge on any atom is 0.156 e. The van der Waals surface area contributed by atoms with Gasteiger partial charge in [-0.25, -0.2) is 23.3 Å². The molecular weight excluding hydrogens is 389 g/mol. The first-order valence-electron chi connectivity index (χ1n) is 8.10. The third kappa shape index (κ3) is 4.28. The van der Waals surface area contributed by atoms with Gasteiger partial charge in [-0.15, -0.1) is 0 Å². The van der Waals surface area contributed by atoms with E-state index in [4.69, 9.17) is 16.4 Å². The average Bonchev–Trinajstić information content (AvgIpc) is 2.97. The molecule has 2 aromatic heterocycles. The number of nitrogens with zero attached hydrogens (tertiary/aromatic N) is 2. The summed E-state index contributed by atoms with van der Waals surface area (Å²) in [5.74, 6) is 0.531. The predicted molar refractivity (Wildman–Crippen MR) is 104 cm³/mol. The number of aromatic nitrogens is 3. The minimum Gasteiger partial charge on any atom is -0.356 e. The first kappa shape index (κ1) is 19.3. The van der Waals surface area contributed by atoms with Crippen LogP contribution in [-0.2, 0) is 9.73 Å². The second-order valence-corrected chi connectivity index (χ2v) is 8.80. The Bertz CT molecular complexity index is 1100. The van der Waals surface area contributed by atoms with Gasteiger partial charge in [0.25, 0.3) is 0 Å². The number of hydrogen-bond donors (Lipinski definition) is 3. The molecule has 0 bridgehead atoms. The van der Waals surface area contributed by atoms with Crippen molar-refractivity contribution < 1.29 is 8.60 Å².